The molecule has 0 aliphatic carbocycles. The van der Waals surface area contributed by atoms with Crippen LogP contribution in [0.1, 0.15) is 44.2 Å². The number of unbranched alkanes of at least 4 members (excludes halogenated alkanes) is 1. The van der Waals surface area contributed by atoms with Crippen molar-refractivity contribution in [2.75, 3.05) is 20.3 Å². The number of rotatable bonds is 9. The van der Waals surface area contributed by atoms with Gasteiger partial charge in [0.05, 0.1) is 24.3 Å². The summed E-state index contributed by atoms with van der Waals surface area (Å²) in [6.45, 7) is 7.53. The maximum atomic E-state index is 13.1. The number of amides is 1. The molecule has 6 heteroatoms. The van der Waals surface area contributed by atoms with Gasteiger partial charge in [-0.3, -0.25) is 9.69 Å². The normalized spacial score (nSPS) is 16.4. The summed E-state index contributed by atoms with van der Waals surface area (Å²) in [4.78, 5) is 20.3. The Balaban J connectivity index is 1.89. The highest BCUT2D eigenvalue weighted by Crippen LogP contribution is 2.36. The van der Waals surface area contributed by atoms with Crippen LogP contribution in [0.25, 0.3) is 6.08 Å². The van der Waals surface area contributed by atoms with Crippen LogP contribution in [0, 0.1) is 6.92 Å². The second kappa shape index (κ2) is 11.0. The number of aryl methyl sites for hydroxylation is 1. The molecular formula is C25H30N2O3S. The van der Waals surface area contributed by atoms with Crippen LogP contribution in [-0.2, 0) is 4.79 Å². The van der Waals surface area contributed by atoms with E-state index < -0.39 is 0 Å². The van der Waals surface area contributed by atoms with Crippen LogP contribution in [0.2, 0.25) is 0 Å². The van der Waals surface area contributed by atoms with Gasteiger partial charge in [0.2, 0.25) is 0 Å². The largest absolute Gasteiger partial charge is 0.493 e. The molecule has 1 fully saturated rings. The fourth-order valence-electron chi connectivity index (χ4n) is 3.09. The highest BCUT2D eigenvalue weighted by atomic mass is 32.2. The number of methoxy groups -OCH3 is 1. The van der Waals surface area contributed by atoms with E-state index >= 15 is 0 Å². The lowest BCUT2D eigenvalue weighted by Gasteiger charge is -2.14. The monoisotopic (exact) mass is 438 g/mol. The molecule has 2 aromatic carbocycles. The van der Waals surface area contributed by atoms with Crippen molar-refractivity contribution in [3.05, 3.63) is 58.5 Å². The molecule has 1 heterocycles. The fraction of sp³-hybridized carbons (Fsp3) is 0.360. The van der Waals surface area contributed by atoms with Gasteiger partial charge in [-0.05, 0) is 67.4 Å². The van der Waals surface area contributed by atoms with Crippen molar-refractivity contribution in [1.82, 2.24) is 4.90 Å². The molecule has 2 aromatic rings. The number of hydrogen-bond donors (Lipinski definition) is 0. The Hall–Kier alpha value is -2.73. The van der Waals surface area contributed by atoms with E-state index in [1.54, 1.807) is 12.0 Å². The quantitative estimate of drug-likeness (QED) is 0.438. The number of thioether (sulfide) groups is 1. The summed E-state index contributed by atoms with van der Waals surface area (Å²) in [6.07, 6.45) is 4.78. The molecule has 1 saturated heterocycles. The zero-order chi connectivity index (χ0) is 22.2. The molecule has 164 valence electrons. The first-order valence-electron chi connectivity index (χ1n) is 10.7. The number of benzene rings is 2. The van der Waals surface area contributed by atoms with Crippen LogP contribution in [-0.4, -0.2) is 36.2 Å². The first-order chi connectivity index (χ1) is 15.0. The third-order valence-electron chi connectivity index (χ3n) is 4.83. The lowest BCUT2D eigenvalue weighted by molar-refractivity contribution is -0.122. The van der Waals surface area contributed by atoms with Crippen molar-refractivity contribution in [1.29, 1.82) is 0 Å². The smallest absolute Gasteiger partial charge is 0.266 e. The van der Waals surface area contributed by atoms with Crippen LogP contribution in [0.4, 0.5) is 5.69 Å². The van der Waals surface area contributed by atoms with Crippen LogP contribution in [0.5, 0.6) is 11.5 Å². The molecule has 1 aliphatic heterocycles. The Morgan fingerprint density at radius 1 is 1.06 bits per heavy atom. The summed E-state index contributed by atoms with van der Waals surface area (Å²) in [6, 6.07) is 13.8. The standard InChI is InChI=1S/C25H30N2O3S/c1-5-7-14-27-24(28)23(31-25(27)26-20-11-8-18(3)9-12-20)17-19-10-13-21(30-15-6-2)22(16-19)29-4/h8-13,16-17H,5-7,14-15H2,1-4H3/b23-17+,26-25?. The highest BCUT2D eigenvalue weighted by molar-refractivity contribution is 8.18. The third kappa shape index (κ3) is 5.91. The van der Waals surface area contributed by atoms with E-state index in [1.807, 2.05) is 55.5 Å². The Labute approximate surface area is 189 Å². The van der Waals surface area contributed by atoms with Gasteiger partial charge >= 0.3 is 0 Å². The molecule has 0 atom stereocenters. The maximum absolute atomic E-state index is 13.1. The van der Waals surface area contributed by atoms with Crippen molar-refractivity contribution >= 4 is 34.6 Å². The van der Waals surface area contributed by atoms with E-state index in [0.717, 1.165) is 35.7 Å². The van der Waals surface area contributed by atoms with Crippen molar-refractivity contribution in [3.8, 4) is 11.5 Å². The number of aliphatic imine (C=N–C) groups is 1. The SMILES string of the molecule is CCCCN1C(=O)/C(=C\c2ccc(OCCC)c(OC)c2)SC1=Nc1ccc(C)cc1. The molecule has 31 heavy (non-hydrogen) atoms. The topological polar surface area (TPSA) is 51.1 Å². The van der Waals surface area contributed by atoms with Crippen molar-refractivity contribution in [3.63, 3.8) is 0 Å². The summed E-state index contributed by atoms with van der Waals surface area (Å²) >= 11 is 1.42. The average Bonchev–Trinajstić information content (AvgIpc) is 3.06. The van der Waals surface area contributed by atoms with Gasteiger partial charge in [-0.15, -0.1) is 0 Å². The van der Waals surface area contributed by atoms with Gasteiger partial charge in [-0.25, -0.2) is 4.99 Å². The summed E-state index contributed by atoms with van der Waals surface area (Å²) in [7, 11) is 1.62. The van der Waals surface area contributed by atoms with Crippen LogP contribution < -0.4 is 9.47 Å². The maximum Gasteiger partial charge on any atom is 0.266 e. The van der Waals surface area contributed by atoms with E-state index in [1.165, 1.54) is 17.3 Å². The average molecular weight is 439 g/mol. The van der Waals surface area contributed by atoms with E-state index in [9.17, 15) is 4.79 Å². The molecule has 0 unspecified atom stereocenters. The third-order valence-corrected chi connectivity index (χ3v) is 5.84. The number of carbonyl (C=O) groups excluding carboxylic acids is 1. The van der Waals surface area contributed by atoms with E-state index in [2.05, 4.69) is 13.8 Å². The second-order valence-corrected chi connectivity index (χ2v) is 8.42. The molecule has 0 spiro atoms. The Bertz CT molecular complexity index is 967. The minimum Gasteiger partial charge on any atom is -0.493 e. The molecule has 1 amide bonds. The van der Waals surface area contributed by atoms with Gasteiger partial charge in [0.15, 0.2) is 16.7 Å². The number of hydrogen-bond acceptors (Lipinski definition) is 5. The van der Waals surface area contributed by atoms with Crippen molar-refractivity contribution in [2.45, 2.75) is 40.0 Å². The van der Waals surface area contributed by atoms with Crippen molar-refractivity contribution in [2.24, 2.45) is 4.99 Å². The zero-order valence-electron chi connectivity index (χ0n) is 18.7. The number of carbonyl (C=O) groups is 1. The van der Waals surface area contributed by atoms with E-state index in [-0.39, 0.29) is 5.91 Å². The Morgan fingerprint density at radius 2 is 1.84 bits per heavy atom. The lowest BCUT2D eigenvalue weighted by atomic mass is 10.2. The van der Waals surface area contributed by atoms with Gasteiger partial charge in [0, 0.05) is 6.54 Å². The Morgan fingerprint density at radius 3 is 2.52 bits per heavy atom. The molecule has 5 nitrogen and oxygen atoms in total. The molecular weight excluding hydrogens is 408 g/mol. The second-order valence-electron chi connectivity index (χ2n) is 7.41. The van der Waals surface area contributed by atoms with E-state index in [0.29, 0.717) is 29.6 Å². The molecule has 0 N–H and O–H groups in total. The number of amidine groups is 1. The van der Waals surface area contributed by atoms with Crippen molar-refractivity contribution < 1.29 is 14.3 Å². The predicted molar refractivity (Wildman–Crippen MR) is 129 cm³/mol. The molecule has 0 radical (unpaired) electrons. The molecule has 1 aliphatic rings. The molecule has 3 rings (SSSR count). The van der Waals surface area contributed by atoms with Gasteiger partial charge in [-0.1, -0.05) is 44.0 Å². The number of ether oxygens (including phenoxy) is 2. The van der Waals surface area contributed by atoms with Gasteiger partial charge in [0.1, 0.15) is 0 Å². The highest BCUT2D eigenvalue weighted by Gasteiger charge is 2.33. The first-order valence-corrected chi connectivity index (χ1v) is 11.5. The minimum absolute atomic E-state index is 0.00501. The summed E-state index contributed by atoms with van der Waals surface area (Å²) in [5.41, 5.74) is 2.93. The van der Waals surface area contributed by atoms with E-state index in [4.69, 9.17) is 14.5 Å². The summed E-state index contributed by atoms with van der Waals surface area (Å²) < 4.78 is 11.2. The molecule has 0 saturated carbocycles. The lowest BCUT2D eigenvalue weighted by Crippen LogP contribution is -2.30. The molecule has 0 bridgehead atoms. The first kappa shape index (κ1) is 22.9. The van der Waals surface area contributed by atoms with Crippen LogP contribution in [0.3, 0.4) is 0 Å². The zero-order valence-corrected chi connectivity index (χ0v) is 19.5. The fourth-order valence-corrected chi connectivity index (χ4v) is 4.12. The van der Waals surface area contributed by atoms with Gasteiger partial charge in [0.25, 0.3) is 5.91 Å². The van der Waals surface area contributed by atoms with Gasteiger partial charge in [-0.2, -0.15) is 0 Å². The summed E-state index contributed by atoms with van der Waals surface area (Å²) in [5, 5.41) is 0.725. The molecule has 0 aromatic heterocycles. The van der Waals surface area contributed by atoms with Crippen LogP contribution in [0.15, 0.2) is 52.4 Å². The van der Waals surface area contributed by atoms with Gasteiger partial charge < -0.3 is 9.47 Å². The Kier molecular flexibility index (Phi) is 8.18. The number of nitrogens with zero attached hydrogens (tertiary/aromatic N) is 2. The summed E-state index contributed by atoms with van der Waals surface area (Å²) in [5.74, 6) is 1.37. The minimum atomic E-state index is -0.00501. The van der Waals surface area contributed by atoms with Crippen LogP contribution >= 0.6 is 11.8 Å². The predicted octanol–water partition coefficient (Wildman–Crippen LogP) is 6.20.